The zero-order valence-corrected chi connectivity index (χ0v) is 12.3. The molecule has 1 aromatic carbocycles. The lowest BCUT2D eigenvalue weighted by molar-refractivity contribution is 0.0703. The van der Waals surface area contributed by atoms with Crippen molar-refractivity contribution in [1.82, 2.24) is 10.3 Å². The highest BCUT2D eigenvalue weighted by atomic mass is 32.1. The Balaban J connectivity index is 2.28. The quantitative estimate of drug-likeness (QED) is 0.713. The second kappa shape index (κ2) is 6.49. The van der Waals surface area contributed by atoms with Gasteiger partial charge in [-0.05, 0) is 14.0 Å². The topological polar surface area (TPSA) is 74.2 Å². The fourth-order valence-electron chi connectivity index (χ4n) is 1.71. The van der Waals surface area contributed by atoms with Crippen molar-refractivity contribution in [3.8, 4) is 10.6 Å². The molecule has 0 bridgehead atoms. The summed E-state index contributed by atoms with van der Waals surface area (Å²) in [6, 6.07) is 7.89. The van der Waals surface area contributed by atoms with Crippen LogP contribution in [0.25, 0.3) is 10.6 Å². The molecule has 0 fully saturated rings. The zero-order chi connectivity index (χ0) is 14.5. The molecule has 0 saturated carbocycles. The maximum Gasteiger partial charge on any atom is 0.349 e. The highest BCUT2D eigenvalue weighted by molar-refractivity contribution is 7.17. The minimum absolute atomic E-state index is 0.247. The van der Waals surface area contributed by atoms with Crippen LogP contribution in [0.3, 0.4) is 0 Å². The summed E-state index contributed by atoms with van der Waals surface area (Å²) in [6.45, 7) is 3.39. The Morgan fingerprint density at radius 3 is 2.60 bits per heavy atom. The summed E-state index contributed by atoms with van der Waals surface area (Å²) < 4.78 is 0. The van der Waals surface area contributed by atoms with Crippen LogP contribution >= 0.6 is 11.3 Å². The van der Waals surface area contributed by atoms with Gasteiger partial charge in [0.15, 0.2) is 10.7 Å². The number of carbonyl (C=O) groups is 1. The zero-order valence-electron chi connectivity index (χ0n) is 11.4. The van der Waals surface area contributed by atoms with E-state index in [1.54, 1.807) is 0 Å². The van der Waals surface area contributed by atoms with Gasteiger partial charge in [0.1, 0.15) is 5.01 Å². The molecule has 0 radical (unpaired) electrons. The molecule has 6 heteroatoms. The van der Waals surface area contributed by atoms with Crippen LogP contribution in [-0.4, -0.2) is 36.2 Å². The van der Waals surface area contributed by atoms with Crippen molar-refractivity contribution >= 4 is 23.1 Å². The second-order valence-electron chi connectivity index (χ2n) is 4.40. The molecule has 0 aliphatic heterocycles. The van der Waals surface area contributed by atoms with E-state index >= 15 is 0 Å². The average Bonchev–Trinajstić information content (AvgIpc) is 2.84. The van der Waals surface area contributed by atoms with Gasteiger partial charge in [-0.3, -0.25) is 0 Å². The van der Waals surface area contributed by atoms with Crippen LogP contribution < -0.4 is 10.6 Å². The van der Waals surface area contributed by atoms with E-state index in [1.165, 1.54) is 11.3 Å². The van der Waals surface area contributed by atoms with Crippen LogP contribution in [0.1, 0.15) is 15.2 Å². The third-order valence-electron chi connectivity index (χ3n) is 2.79. The lowest BCUT2D eigenvalue weighted by Gasteiger charge is -2.02. The molecule has 1 aromatic heterocycles. The van der Waals surface area contributed by atoms with Crippen molar-refractivity contribution in [2.75, 3.05) is 25.5 Å². The summed E-state index contributed by atoms with van der Waals surface area (Å²) in [5.74, 6) is -0.513. The van der Waals surface area contributed by atoms with Crippen LogP contribution in [0.2, 0.25) is 0 Å². The first-order valence-corrected chi connectivity index (χ1v) is 7.13. The Labute approximate surface area is 121 Å². The number of hydrogen-bond acceptors (Lipinski definition) is 5. The van der Waals surface area contributed by atoms with Crippen molar-refractivity contribution in [3.05, 3.63) is 34.7 Å². The molecule has 0 amide bonds. The fourth-order valence-corrected chi connectivity index (χ4v) is 2.60. The van der Waals surface area contributed by atoms with E-state index in [-0.39, 0.29) is 4.88 Å². The first-order chi connectivity index (χ1) is 9.61. The van der Waals surface area contributed by atoms with Crippen LogP contribution in [-0.2, 0) is 0 Å². The number of nitrogens with one attached hydrogen (secondary N) is 2. The number of likely N-dealkylation sites (N-methyl/N-ethyl adjacent to an activating group) is 1. The molecule has 0 unspecified atom stereocenters. The number of aromatic carboxylic acids is 1. The van der Waals surface area contributed by atoms with Crippen LogP contribution in [0, 0.1) is 6.92 Å². The standard InChI is InChI=1S/C14H17N3O2S/c1-9-3-5-10(6-4-9)13-17-12(16-8-7-15-2)11(20-13)14(18)19/h3-6,15-16H,7-8H2,1-2H3,(H,18,19). The van der Waals surface area contributed by atoms with Crippen molar-refractivity contribution in [2.45, 2.75) is 6.92 Å². The predicted octanol–water partition coefficient (Wildman–Crippen LogP) is 2.45. The molecule has 2 aromatic rings. The summed E-state index contributed by atoms with van der Waals surface area (Å²) >= 11 is 1.19. The maximum absolute atomic E-state index is 11.3. The minimum Gasteiger partial charge on any atom is -0.477 e. The summed E-state index contributed by atoms with van der Waals surface area (Å²) in [4.78, 5) is 15.9. The summed E-state index contributed by atoms with van der Waals surface area (Å²) in [5.41, 5.74) is 2.10. The van der Waals surface area contributed by atoms with Gasteiger partial charge in [0.05, 0.1) is 0 Å². The Hall–Kier alpha value is -1.92. The number of nitrogens with zero attached hydrogens (tertiary/aromatic N) is 1. The van der Waals surface area contributed by atoms with Gasteiger partial charge >= 0.3 is 5.97 Å². The van der Waals surface area contributed by atoms with Gasteiger partial charge in [0.25, 0.3) is 0 Å². The number of thiazole rings is 1. The van der Waals surface area contributed by atoms with Crippen molar-refractivity contribution in [3.63, 3.8) is 0 Å². The molecular formula is C14H17N3O2S. The van der Waals surface area contributed by atoms with Gasteiger partial charge in [0.2, 0.25) is 0 Å². The molecule has 1 heterocycles. The van der Waals surface area contributed by atoms with Gasteiger partial charge in [-0.25, -0.2) is 9.78 Å². The van der Waals surface area contributed by atoms with E-state index in [1.807, 2.05) is 38.2 Å². The van der Waals surface area contributed by atoms with E-state index in [0.717, 1.165) is 17.7 Å². The monoisotopic (exact) mass is 291 g/mol. The largest absolute Gasteiger partial charge is 0.477 e. The maximum atomic E-state index is 11.3. The third-order valence-corrected chi connectivity index (χ3v) is 3.88. The van der Waals surface area contributed by atoms with Crippen LogP contribution in [0.4, 0.5) is 5.82 Å². The highest BCUT2D eigenvalue weighted by Gasteiger charge is 2.17. The normalized spacial score (nSPS) is 10.5. The Morgan fingerprint density at radius 2 is 2.00 bits per heavy atom. The number of carboxylic acids is 1. The van der Waals surface area contributed by atoms with Crippen molar-refractivity contribution < 1.29 is 9.90 Å². The fraction of sp³-hybridized carbons (Fsp3) is 0.286. The molecular weight excluding hydrogens is 274 g/mol. The van der Waals surface area contributed by atoms with E-state index in [2.05, 4.69) is 15.6 Å². The lowest BCUT2D eigenvalue weighted by Crippen LogP contribution is -2.18. The highest BCUT2D eigenvalue weighted by Crippen LogP contribution is 2.31. The van der Waals surface area contributed by atoms with Gasteiger partial charge in [0, 0.05) is 18.7 Å². The molecule has 106 valence electrons. The molecule has 2 rings (SSSR count). The Kier molecular flexibility index (Phi) is 4.70. The number of hydrogen-bond donors (Lipinski definition) is 3. The Morgan fingerprint density at radius 1 is 1.30 bits per heavy atom. The summed E-state index contributed by atoms with van der Waals surface area (Å²) in [6.07, 6.45) is 0. The summed E-state index contributed by atoms with van der Waals surface area (Å²) in [5, 5.41) is 16.0. The van der Waals surface area contributed by atoms with Crippen LogP contribution in [0.15, 0.2) is 24.3 Å². The van der Waals surface area contributed by atoms with E-state index in [0.29, 0.717) is 17.4 Å². The Bertz CT molecular complexity index is 593. The molecule has 0 saturated heterocycles. The van der Waals surface area contributed by atoms with Gasteiger partial charge in [-0.15, -0.1) is 11.3 Å². The molecule has 0 atom stereocenters. The minimum atomic E-state index is -0.951. The molecule has 3 N–H and O–H groups in total. The second-order valence-corrected chi connectivity index (χ2v) is 5.40. The molecule has 5 nitrogen and oxygen atoms in total. The molecule has 0 aliphatic rings. The van der Waals surface area contributed by atoms with Gasteiger partial charge in [-0.1, -0.05) is 29.8 Å². The van der Waals surface area contributed by atoms with E-state index < -0.39 is 5.97 Å². The van der Waals surface area contributed by atoms with Crippen molar-refractivity contribution in [2.24, 2.45) is 0 Å². The summed E-state index contributed by atoms with van der Waals surface area (Å²) in [7, 11) is 1.85. The van der Waals surface area contributed by atoms with E-state index in [9.17, 15) is 9.90 Å². The van der Waals surface area contributed by atoms with E-state index in [4.69, 9.17) is 0 Å². The number of aryl methyl sites for hydroxylation is 1. The predicted molar refractivity (Wildman–Crippen MR) is 81.7 cm³/mol. The average molecular weight is 291 g/mol. The SMILES string of the molecule is CNCCNc1nc(-c2ccc(C)cc2)sc1C(=O)O. The first-order valence-electron chi connectivity index (χ1n) is 6.31. The van der Waals surface area contributed by atoms with Crippen molar-refractivity contribution in [1.29, 1.82) is 0 Å². The first kappa shape index (κ1) is 14.5. The third kappa shape index (κ3) is 3.34. The number of carboxylic acid groups (broad SMARTS) is 1. The van der Waals surface area contributed by atoms with Gasteiger partial charge < -0.3 is 15.7 Å². The molecule has 0 aliphatic carbocycles. The van der Waals surface area contributed by atoms with Crippen LogP contribution in [0.5, 0.6) is 0 Å². The molecule has 20 heavy (non-hydrogen) atoms. The molecule has 0 spiro atoms. The number of aromatic nitrogens is 1. The smallest absolute Gasteiger partial charge is 0.349 e. The number of benzene rings is 1. The van der Waals surface area contributed by atoms with Gasteiger partial charge in [-0.2, -0.15) is 0 Å². The number of rotatable bonds is 6. The lowest BCUT2D eigenvalue weighted by atomic mass is 10.2. The number of anilines is 1.